The fourth-order valence-electron chi connectivity index (χ4n) is 5.92. The third-order valence-electron chi connectivity index (χ3n) is 8.40. The van der Waals surface area contributed by atoms with Crippen LogP contribution in [0.4, 0.5) is 8.78 Å². The van der Waals surface area contributed by atoms with Gasteiger partial charge < -0.3 is 19.9 Å². The van der Waals surface area contributed by atoms with E-state index in [2.05, 4.69) is 18.3 Å². The van der Waals surface area contributed by atoms with Gasteiger partial charge >= 0.3 is 12.1 Å². The summed E-state index contributed by atoms with van der Waals surface area (Å²) >= 11 is 0. The zero-order chi connectivity index (χ0) is 35.2. The Labute approximate surface area is 280 Å². The van der Waals surface area contributed by atoms with E-state index in [-0.39, 0.29) is 24.9 Å². The van der Waals surface area contributed by atoms with Gasteiger partial charge in [-0.1, -0.05) is 56.2 Å². The van der Waals surface area contributed by atoms with Crippen LogP contribution in [0, 0.1) is 25.5 Å². The van der Waals surface area contributed by atoms with Gasteiger partial charge in [0.1, 0.15) is 23.1 Å². The Morgan fingerprint density at radius 2 is 1.25 bits per heavy atom. The second kappa shape index (κ2) is 18.5. The van der Waals surface area contributed by atoms with Crippen LogP contribution in [-0.4, -0.2) is 38.0 Å². The summed E-state index contributed by atoms with van der Waals surface area (Å²) in [6.07, 6.45) is 4.43. The van der Waals surface area contributed by atoms with Gasteiger partial charge in [0.2, 0.25) is 0 Å². The molecule has 0 aliphatic carbocycles. The molecule has 0 amide bonds. The number of hydrogen-bond acceptors (Lipinski definition) is 6. The quantitative estimate of drug-likeness (QED) is 0.123. The minimum Gasteiger partial charge on any atom is -0.496 e. The van der Waals surface area contributed by atoms with E-state index in [1.54, 1.807) is 13.2 Å². The van der Waals surface area contributed by atoms with E-state index >= 15 is 8.78 Å². The molecule has 254 valence electrons. The number of carbonyl (C=O) groups is 1. The molecule has 4 aromatic rings. The summed E-state index contributed by atoms with van der Waals surface area (Å²) in [6, 6.07) is 18.9. The van der Waals surface area contributed by atoms with Crippen molar-refractivity contribution in [2.45, 2.75) is 65.8 Å². The van der Waals surface area contributed by atoms with Crippen molar-refractivity contribution in [3.05, 3.63) is 94.6 Å². The molecule has 0 saturated carbocycles. The minimum absolute atomic E-state index is 0.0556. The molecule has 0 unspecified atom stereocenters. The maximum atomic E-state index is 15.4. The minimum atomic E-state index is -0.856. The lowest BCUT2D eigenvalue weighted by molar-refractivity contribution is -0.191. The zero-order valence-corrected chi connectivity index (χ0v) is 28.2. The van der Waals surface area contributed by atoms with Crippen molar-refractivity contribution in [2.24, 2.45) is 0 Å². The van der Waals surface area contributed by atoms with Gasteiger partial charge in [-0.15, -0.1) is 0 Å². The summed E-state index contributed by atoms with van der Waals surface area (Å²) in [4.78, 5) is 27.0. The topological polar surface area (TPSA) is 102 Å². The number of carboxylic acid groups (broad SMARTS) is 1. The number of hydrogen-bond donors (Lipinski definition) is 2. The van der Waals surface area contributed by atoms with Crippen LogP contribution in [0.2, 0.25) is 0 Å². The summed E-state index contributed by atoms with van der Waals surface area (Å²) in [5, 5.41) is 11.9. The number of ether oxygens (including phenoxy) is 2. The molecule has 9 heteroatoms. The number of nitrogens with one attached hydrogen (secondary N) is 1. The van der Waals surface area contributed by atoms with Crippen molar-refractivity contribution in [1.29, 1.82) is 0 Å². The van der Waals surface area contributed by atoms with Crippen LogP contribution in [0.25, 0.3) is 33.4 Å². The summed E-state index contributed by atoms with van der Waals surface area (Å²) in [5.41, 5.74) is 8.25. The van der Waals surface area contributed by atoms with Gasteiger partial charge in [-0.05, 0) is 108 Å². The first-order valence-corrected chi connectivity index (χ1v) is 16.0. The number of carbonyl (C=O) groups excluding carboxylic acids is 2. The molecule has 4 rings (SSSR count). The average molecular weight is 660 g/mol. The van der Waals surface area contributed by atoms with Gasteiger partial charge in [0.25, 0.3) is 0 Å². The van der Waals surface area contributed by atoms with Crippen LogP contribution in [0.15, 0.2) is 60.7 Å². The third kappa shape index (κ3) is 9.37. The Kier molecular flexibility index (Phi) is 14.5. The fourth-order valence-corrected chi connectivity index (χ4v) is 5.92. The summed E-state index contributed by atoms with van der Waals surface area (Å²) in [5.74, 6) is -0.511. The largest absolute Gasteiger partial charge is 0.496 e. The number of unbranched alkanes of at least 4 members (excludes halogenated alkanes) is 2. The van der Waals surface area contributed by atoms with Crippen LogP contribution in [-0.2, 0) is 27.3 Å². The lowest BCUT2D eigenvalue weighted by atomic mass is 9.87. The van der Waals surface area contributed by atoms with E-state index in [0.717, 1.165) is 58.2 Å². The molecule has 0 aliphatic heterocycles. The first kappa shape index (κ1) is 37.6. The van der Waals surface area contributed by atoms with Crippen LogP contribution < -0.4 is 14.8 Å². The summed E-state index contributed by atoms with van der Waals surface area (Å²) in [6.45, 7) is 6.87. The Bertz CT molecular complexity index is 1750. The summed E-state index contributed by atoms with van der Waals surface area (Å²) in [7, 11) is 3.10. The first-order chi connectivity index (χ1) is 23.1. The second-order valence-electron chi connectivity index (χ2n) is 11.4. The number of rotatable bonds is 15. The molecule has 0 spiro atoms. The molecular weight excluding hydrogens is 616 g/mol. The molecule has 0 aliphatic rings. The van der Waals surface area contributed by atoms with Gasteiger partial charge in [-0.2, -0.15) is 9.59 Å². The van der Waals surface area contributed by atoms with Crippen LogP contribution >= 0.6 is 0 Å². The number of benzene rings is 4. The Hall–Kier alpha value is -4.85. The van der Waals surface area contributed by atoms with E-state index in [1.807, 2.05) is 56.3 Å². The molecule has 2 N–H and O–H groups in total. The molecule has 0 radical (unpaired) electrons. The average Bonchev–Trinajstić information content (AvgIpc) is 3.06. The lowest BCUT2D eigenvalue weighted by Gasteiger charge is -2.18. The normalized spacial score (nSPS) is 10.6. The number of halogens is 2. The predicted octanol–water partition coefficient (Wildman–Crippen LogP) is 8.70. The highest BCUT2D eigenvalue weighted by Crippen LogP contribution is 2.40. The van der Waals surface area contributed by atoms with Crippen molar-refractivity contribution < 1.29 is 37.7 Å². The first-order valence-electron chi connectivity index (χ1n) is 16.0. The molecule has 0 saturated heterocycles. The van der Waals surface area contributed by atoms with E-state index in [1.165, 1.54) is 13.2 Å². The molecule has 0 atom stereocenters. The Morgan fingerprint density at radius 3 is 1.73 bits per heavy atom. The Balaban J connectivity index is 0.00000201. The molecule has 4 aromatic carbocycles. The molecular formula is C39H43F2NO6. The van der Waals surface area contributed by atoms with Crippen molar-refractivity contribution in [3.63, 3.8) is 0 Å². The number of carboxylic acids is 1. The summed E-state index contributed by atoms with van der Waals surface area (Å²) < 4.78 is 42.0. The second-order valence-corrected chi connectivity index (χ2v) is 11.4. The van der Waals surface area contributed by atoms with E-state index in [9.17, 15) is 4.79 Å². The molecule has 0 heterocycles. The highest BCUT2D eigenvalue weighted by molar-refractivity contribution is 5.84. The van der Waals surface area contributed by atoms with Crippen LogP contribution in [0.3, 0.4) is 0 Å². The van der Waals surface area contributed by atoms with Gasteiger partial charge in [-0.3, -0.25) is 4.79 Å². The molecule has 48 heavy (non-hydrogen) atoms. The smallest absolute Gasteiger partial charge is 0.373 e. The maximum Gasteiger partial charge on any atom is 0.373 e. The molecule has 0 bridgehead atoms. The number of aliphatic carboxylic acids is 1. The lowest BCUT2D eigenvalue weighted by Crippen LogP contribution is -2.17. The maximum absolute atomic E-state index is 15.4. The highest BCUT2D eigenvalue weighted by atomic mass is 19.1. The van der Waals surface area contributed by atoms with E-state index in [4.69, 9.17) is 24.2 Å². The standard InChI is InChI=1S/C38H43F2NO4.CO2/c1-6-7-8-12-32-34(39)19-26(21-36(32)44-4)28-13-9-15-30(24(28)2)31-16-10-14-29(25(31)3)27-20-35(40)33(37(22-27)45-5)23-41-18-11-17-38(42)43;2-1-3/h9-10,13-16,19-22,41H,6-8,11-12,17-18,23H2,1-5H3,(H,42,43);. The van der Waals surface area contributed by atoms with Gasteiger partial charge in [0.15, 0.2) is 0 Å². The highest BCUT2D eigenvalue weighted by Gasteiger charge is 2.18. The van der Waals surface area contributed by atoms with Gasteiger partial charge in [-0.25, -0.2) is 8.78 Å². The van der Waals surface area contributed by atoms with Crippen LogP contribution in [0.5, 0.6) is 11.5 Å². The van der Waals surface area contributed by atoms with Crippen molar-refractivity contribution in [3.8, 4) is 44.9 Å². The molecule has 0 fully saturated rings. The van der Waals surface area contributed by atoms with Gasteiger partial charge in [0.05, 0.1) is 14.2 Å². The zero-order valence-electron chi connectivity index (χ0n) is 28.2. The fraction of sp³-hybridized carbons (Fsp3) is 0.333. The Morgan fingerprint density at radius 1 is 0.771 bits per heavy atom. The van der Waals surface area contributed by atoms with E-state index in [0.29, 0.717) is 47.6 Å². The van der Waals surface area contributed by atoms with Gasteiger partial charge in [0, 0.05) is 24.1 Å². The van der Waals surface area contributed by atoms with E-state index < -0.39 is 11.8 Å². The van der Waals surface area contributed by atoms with Crippen molar-refractivity contribution in [1.82, 2.24) is 5.32 Å². The van der Waals surface area contributed by atoms with Crippen LogP contribution in [0.1, 0.15) is 61.3 Å². The SMILES string of the molecule is CCCCCc1c(F)cc(-c2cccc(-c3cccc(-c4cc(F)c(CNCCCC(=O)O)c(OC)c4)c3C)c2C)cc1OC.O=C=O. The number of methoxy groups -OCH3 is 2. The van der Waals surface area contributed by atoms with Crippen molar-refractivity contribution in [2.75, 3.05) is 20.8 Å². The molecule has 7 nitrogen and oxygen atoms in total. The predicted molar refractivity (Wildman–Crippen MR) is 182 cm³/mol. The monoisotopic (exact) mass is 659 g/mol. The van der Waals surface area contributed by atoms with Crippen molar-refractivity contribution >= 4 is 12.1 Å². The third-order valence-corrected chi connectivity index (χ3v) is 8.40. The molecule has 0 aromatic heterocycles.